The first kappa shape index (κ1) is 32.2. The van der Waals surface area contributed by atoms with Gasteiger partial charge in [-0.1, -0.05) is 41.4 Å². The van der Waals surface area contributed by atoms with E-state index in [2.05, 4.69) is 5.32 Å². The van der Waals surface area contributed by atoms with E-state index in [1.807, 2.05) is 0 Å². The van der Waals surface area contributed by atoms with E-state index < -0.39 is 52.6 Å². The summed E-state index contributed by atoms with van der Waals surface area (Å²) in [4.78, 5) is 40.5. The Kier molecular flexibility index (Phi) is 9.61. The standard InChI is InChI=1S/C31H29Cl2F3N2O5/c1-31(2,3)43-30(41)38-12-6-7-18-16(10-11-19(27(18)38)25-20(32)14-17(34)15-21(25)33)13-24(29(40)42-4)37-28(39)26-22(35)8-5-9-23(26)36/h5,8-11,14-15,24H,6-7,12-13H2,1-4H3,(H,37,39)/t24-/m0/s1. The van der Waals surface area contributed by atoms with Gasteiger partial charge in [0.1, 0.15) is 34.7 Å². The van der Waals surface area contributed by atoms with Crippen molar-refractivity contribution >= 4 is 46.9 Å². The predicted octanol–water partition coefficient (Wildman–Crippen LogP) is 7.28. The normalized spacial score (nSPS) is 13.7. The number of amides is 2. The zero-order valence-corrected chi connectivity index (χ0v) is 25.3. The van der Waals surface area contributed by atoms with Crippen molar-refractivity contribution in [3.63, 3.8) is 0 Å². The van der Waals surface area contributed by atoms with Gasteiger partial charge in [0.05, 0.1) is 22.8 Å². The van der Waals surface area contributed by atoms with Crippen molar-refractivity contribution in [2.24, 2.45) is 0 Å². The second-order valence-electron chi connectivity index (χ2n) is 10.9. The van der Waals surface area contributed by atoms with Gasteiger partial charge in [0.15, 0.2) is 0 Å². The number of halogens is 5. The number of nitrogens with zero attached hydrogens (tertiary/aromatic N) is 1. The highest BCUT2D eigenvalue weighted by Crippen LogP contribution is 2.45. The molecule has 228 valence electrons. The Labute approximate surface area is 256 Å². The fourth-order valence-electron chi connectivity index (χ4n) is 4.98. The Morgan fingerprint density at radius 3 is 2.23 bits per heavy atom. The van der Waals surface area contributed by atoms with E-state index in [4.69, 9.17) is 32.7 Å². The van der Waals surface area contributed by atoms with Gasteiger partial charge < -0.3 is 14.8 Å². The Morgan fingerprint density at radius 2 is 1.65 bits per heavy atom. The minimum absolute atomic E-state index is 0.0151. The minimum atomic E-state index is -1.35. The van der Waals surface area contributed by atoms with Crippen molar-refractivity contribution in [3.05, 3.63) is 86.7 Å². The summed E-state index contributed by atoms with van der Waals surface area (Å²) in [6, 6.07) is 7.12. The first-order chi connectivity index (χ1) is 20.2. The fraction of sp³-hybridized carbons (Fsp3) is 0.323. The largest absolute Gasteiger partial charge is 0.467 e. The monoisotopic (exact) mass is 636 g/mol. The third-order valence-corrected chi connectivity index (χ3v) is 7.35. The van der Waals surface area contributed by atoms with Crippen LogP contribution >= 0.6 is 23.2 Å². The fourth-order valence-corrected chi connectivity index (χ4v) is 5.65. The predicted molar refractivity (Wildman–Crippen MR) is 157 cm³/mol. The highest BCUT2D eigenvalue weighted by Gasteiger charge is 2.34. The number of ether oxygens (including phenoxy) is 2. The van der Waals surface area contributed by atoms with Crippen LogP contribution in [-0.2, 0) is 27.1 Å². The third kappa shape index (κ3) is 7.08. The highest BCUT2D eigenvalue weighted by molar-refractivity contribution is 6.39. The highest BCUT2D eigenvalue weighted by atomic mass is 35.5. The molecule has 43 heavy (non-hydrogen) atoms. The van der Waals surface area contributed by atoms with Gasteiger partial charge in [-0.2, -0.15) is 0 Å². The molecule has 0 spiro atoms. The molecule has 4 rings (SSSR count). The number of methoxy groups -OCH3 is 1. The Bertz CT molecular complexity index is 1550. The molecule has 0 aromatic heterocycles. The lowest BCUT2D eigenvalue weighted by atomic mass is 9.87. The van der Waals surface area contributed by atoms with Crippen molar-refractivity contribution in [2.75, 3.05) is 18.6 Å². The zero-order valence-electron chi connectivity index (χ0n) is 23.8. The number of carbonyl (C=O) groups excluding carboxylic acids is 3. The molecule has 3 aromatic rings. The Morgan fingerprint density at radius 1 is 1.02 bits per heavy atom. The molecule has 1 aliphatic rings. The Balaban J connectivity index is 1.83. The van der Waals surface area contributed by atoms with Crippen LogP contribution in [0.5, 0.6) is 0 Å². The van der Waals surface area contributed by atoms with Gasteiger partial charge in [0.25, 0.3) is 5.91 Å². The van der Waals surface area contributed by atoms with Gasteiger partial charge >= 0.3 is 12.1 Å². The number of rotatable bonds is 6. The average molecular weight is 637 g/mol. The third-order valence-electron chi connectivity index (χ3n) is 6.75. The van der Waals surface area contributed by atoms with E-state index in [0.29, 0.717) is 35.2 Å². The average Bonchev–Trinajstić information content (AvgIpc) is 2.91. The van der Waals surface area contributed by atoms with Crippen molar-refractivity contribution in [1.29, 1.82) is 0 Å². The maximum absolute atomic E-state index is 14.3. The number of anilines is 1. The Hall–Kier alpha value is -3.76. The van der Waals surface area contributed by atoms with E-state index in [1.54, 1.807) is 32.9 Å². The molecule has 2 amide bonds. The van der Waals surface area contributed by atoms with Gasteiger partial charge in [0.2, 0.25) is 0 Å². The van der Waals surface area contributed by atoms with Crippen molar-refractivity contribution in [1.82, 2.24) is 5.32 Å². The molecule has 1 N–H and O–H groups in total. The van der Waals surface area contributed by atoms with Crippen LogP contribution in [-0.4, -0.2) is 43.3 Å². The van der Waals surface area contributed by atoms with E-state index >= 15 is 0 Å². The summed E-state index contributed by atoms with van der Waals surface area (Å²) in [6.45, 7) is 5.45. The lowest BCUT2D eigenvalue weighted by Crippen LogP contribution is -2.44. The molecule has 12 heteroatoms. The molecule has 1 atom stereocenters. The van der Waals surface area contributed by atoms with Gasteiger partial charge in [0, 0.05) is 24.1 Å². The molecule has 3 aromatic carbocycles. The molecular formula is C31H29Cl2F3N2O5. The van der Waals surface area contributed by atoms with Crippen molar-refractivity contribution in [3.8, 4) is 11.1 Å². The van der Waals surface area contributed by atoms with Crippen LogP contribution in [0.1, 0.15) is 48.7 Å². The first-order valence-electron chi connectivity index (χ1n) is 13.3. The van der Waals surface area contributed by atoms with Gasteiger partial charge in [-0.25, -0.2) is 22.8 Å². The topological polar surface area (TPSA) is 84.9 Å². The van der Waals surface area contributed by atoms with Crippen LogP contribution in [0.4, 0.5) is 23.7 Å². The number of esters is 1. The lowest BCUT2D eigenvalue weighted by molar-refractivity contribution is -0.142. The summed E-state index contributed by atoms with van der Waals surface area (Å²) in [6.07, 6.45) is 0.167. The first-order valence-corrected chi connectivity index (χ1v) is 14.1. The summed E-state index contributed by atoms with van der Waals surface area (Å²) in [5, 5.41) is 2.40. The second-order valence-corrected chi connectivity index (χ2v) is 11.7. The van der Waals surface area contributed by atoms with Crippen LogP contribution in [0.2, 0.25) is 10.0 Å². The summed E-state index contributed by atoms with van der Waals surface area (Å²) in [5.41, 5.74) is 0.591. The van der Waals surface area contributed by atoms with Gasteiger partial charge in [-0.15, -0.1) is 0 Å². The van der Waals surface area contributed by atoms with Gasteiger partial charge in [-0.3, -0.25) is 9.69 Å². The maximum atomic E-state index is 14.3. The number of hydrogen-bond acceptors (Lipinski definition) is 5. The zero-order chi connectivity index (χ0) is 31.6. The summed E-state index contributed by atoms with van der Waals surface area (Å²) in [7, 11) is 1.12. The summed E-state index contributed by atoms with van der Waals surface area (Å²) < 4.78 is 53.2. The summed E-state index contributed by atoms with van der Waals surface area (Å²) in [5.74, 6) is -4.83. The molecule has 7 nitrogen and oxygen atoms in total. The van der Waals surface area contributed by atoms with Crippen LogP contribution in [0, 0.1) is 17.5 Å². The minimum Gasteiger partial charge on any atom is -0.467 e. The lowest BCUT2D eigenvalue weighted by Gasteiger charge is -2.35. The maximum Gasteiger partial charge on any atom is 0.414 e. The smallest absolute Gasteiger partial charge is 0.414 e. The van der Waals surface area contributed by atoms with E-state index in [1.165, 1.54) is 4.90 Å². The van der Waals surface area contributed by atoms with Crippen molar-refractivity contribution in [2.45, 2.75) is 51.7 Å². The van der Waals surface area contributed by atoms with Crippen molar-refractivity contribution < 1.29 is 37.0 Å². The van der Waals surface area contributed by atoms with Crippen LogP contribution in [0.3, 0.4) is 0 Å². The molecule has 1 aliphatic heterocycles. The van der Waals surface area contributed by atoms with Crippen LogP contribution in [0.15, 0.2) is 42.5 Å². The molecule has 1 heterocycles. The quantitative estimate of drug-likeness (QED) is 0.287. The molecule has 0 saturated heterocycles. The number of benzene rings is 3. The molecule has 0 radical (unpaired) electrons. The molecular weight excluding hydrogens is 608 g/mol. The van der Waals surface area contributed by atoms with Crippen LogP contribution < -0.4 is 10.2 Å². The molecule has 0 fully saturated rings. The number of carbonyl (C=O) groups is 3. The van der Waals surface area contributed by atoms with Crippen LogP contribution in [0.25, 0.3) is 11.1 Å². The summed E-state index contributed by atoms with van der Waals surface area (Å²) >= 11 is 12.9. The van der Waals surface area contributed by atoms with E-state index in [9.17, 15) is 27.6 Å². The second kappa shape index (κ2) is 12.9. The molecule has 0 bridgehead atoms. The molecule has 0 unspecified atom stereocenters. The molecule has 0 aliphatic carbocycles. The number of nitrogens with one attached hydrogen (secondary N) is 1. The molecule has 0 saturated carbocycles. The number of fused-ring (bicyclic) bond motifs is 1. The van der Waals surface area contributed by atoms with E-state index in [0.717, 1.165) is 37.4 Å². The van der Waals surface area contributed by atoms with E-state index in [-0.39, 0.29) is 28.6 Å². The SMILES string of the molecule is COC(=O)[C@H](Cc1ccc(-c2c(Cl)cc(F)cc2Cl)c2c1CCCN2C(=O)OC(C)(C)C)NC(=O)c1c(F)cccc1F. The number of hydrogen-bond donors (Lipinski definition) is 1. The van der Waals surface area contributed by atoms with Gasteiger partial charge in [-0.05, 0) is 69.0 Å².